The van der Waals surface area contributed by atoms with Gasteiger partial charge in [-0.2, -0.15) is 0 Å². The van der Waals surface area contributed by atoms with Gasteiger partial charge in [0.1, 0.15) is 0 Å². The maximum absolute atomic E-state index is 11.1. The second-order valence-corrected chi connectivity index (χ2v) is 4.57. The summed E-state index contributed by atoms with van der Waals surface area (Å²) in [4.78, 5) is 11.1. The van der Waals surface area contributed by atoms with Crippen LogP contribution in [0.4, 0.5) is 0 Å². The Labute approximate surface area is 87.6 Å². The monoisotopic (exact) mass is 218 g/mol. The molecular weight excluding hydrogens is 200 g/mol. The maximum Gasteiger partial charge on any atom is 0.233 e. The van der Waals surface area contributed by atoms with Crippen molar-refractivity contribution in [3.63, 3.8) is 0 Å². The standard InChI is InChI=1S/C9H18N2O2S/c1-3-5-10-8-9(12)11-6-7-14(13)4-2/h3,10H,1,4-8H2,2H3,(H,11,12). The second-order valence-electron chi connectivity index (χ2n) is 2.70. The molecule has 14 heavy (non-hydrogen) atoms. The fourth-order valence-electron chi connectivity index (χ4n) is 0.799. The van der Waals surface area contributed by atoms with E-state index >= 15 is 0 Å². The molecule has 0 aliphatic carbocycles. The molecule has 0 spiro atoms. The molecule has 1 amide bonds. The first-order chi connectivity index (χ1) is 6.70. The van der Waals surface area contributed by atoms with Crippen LogP contribution in [0.1, 0.15) is 6.92 Å². The molecule has 4 nitrogen and oxygen atoms in total. The molecule has 82 valence electrons. The molecule has 1 unspecified atom stereocenters. The topological polar surface area (TPSA) is 58.2 Å². The van der Waals surface area contributed by atoms with Crippen LogP contribution in [0.25, 0.3) is 0 Å². The molecule has 0 rings (SSSR count). The van der Waals surface area contributed by atoms with E-state index in [0.29, 0.717) is 24.6 Å². The highest BCUT2D eigenvalue weighted by Gasteiger charge is 2.00. The average Bonchev–Trinajstić information content (AvgIpc) is 2.18. The molecule has 0 aromatic heterocycles. The molecular formula is C9H18N2O2S. The highest BCUT2D eigenvalue weighted by atomic mass is 32.2. The summed E-state index contributed by atoms with van der Waals surface area (Å²) in [7, 11) is -0.802. The van der Waals surface area contributed by atoms with Crippen LogP contribution in [0.3, 0.4) is 0 Å². The van der Waals surface area contributed by atoms with Crippen molar-refractivity contribution in [2.75, 3.05) is 31.1 Å². The van der Waals surface area contributed by atoms with E-state index in [9.17, 15) is 9.00 Å². The van der Waals surface area contributed by atoms with Gasteiger partial charge in [0.25, 0.3) is 0 Å². The number of carbonyl (C=O) groups excluding carboxylic acids is 1. The summed E-state index contributed by atoms with van der Waals surface area (Å²) in [5, 5.41) is 5.56. The predicted molar refractivity (Wildman–Crippen MR) is 59.6 cm³/mol. The lowest BCUT2D eigenvalue weighted by molar-refractivity contribution is -0.120. The van der Waals surface area contributed by atoms with Gasteiger partial charge in [0.05, 0.1) is 6.54 Å². The van der Waals surface area contributed by atoms with Gasteiger partial charge >= 0.3 is 0 Å². The van der Waals surface area contributed by atoms with Crippen LogP contribution in [0.5, 0.6) is 0 Å². The highest BCUT2D eigenvalue weighted by Crippen LogP contribution is 1.78. The highest BCUT2D eigenvalue weighted by molar-refractivity contribution is 7.84. The van der Waals surface area contributed by atoms with Gasteiger partial charge in [0.2, 0.25) is 5.91 Å². The zero-order chi connectivity index (χ0) is 10.8. The summed E-state index contributed by atoms with van der Waals surface area (Å²) in [6, 6.07) is 0. The predicted octanol–water partition coefficient (Wildman–Crippen LogP) is -0.353. The number of nitrogens with one attached hydrogen (secondary N) is 2. The van der Waals surface area contributed by atoms with Crippen LogP contribution in [0, 0.1) is 0 Å². The largest absolute Gasteiger partial charge is 0.354 e. The van der Waals surface area contributed by atoms with Crippen molar-refractivity contribution >= 4 is 16.7 Å². The summed E-state index contributed by atoms with van der Waals surface area (Å²) in [6.45, 7) is 6.77. The van der Waals surface area contributed by atoms with Gasteiger partial charge in [0.15, 0.2) is 0 Å². The van der Waals surface area contributed by atoms with Gasteiger partial charge in [-0.25, -0.2) is 0 Å². The van der Waals surface area contributed by atoms with Crippen molar-refractivity contribution in [2.45, 2.75) is 6.92 Å². The van der Waals surface area contributed by atoms with Crippen molar-refractivity contribution in [2.24, 2.45) is 0 Å². The third kappa shape index (κ3) is 7.94. The molecule has 1 atom stereocenters. The van der Waals surface area contributed by atoms with E-state index in [-0.39, 0.29) is 12.5 Å². The Morgan fingerprint density at radius 1 is 1.57 bits per heavy atom. The van der Waals surface area contributed by atoms with Crippen LogP contribution >= 0.6 is 0 Å². The summed E-state index contributed by atoms with van der Waals surface area (Å²) >= 11 is 0. The zero-order valence-corrected chi connectivity index (χ0v) is 9.36. The first kappa shape index (κ1) is 13.3. The Hall–Kier alpha value is -0.680. The van der Waals surface area contributed by atoms with E-state index in [1.165, 1.54) is 0 Å². The summed E-state index contributed by atoms with van der Waals surface area (Å²) in [5.41, 5.74) is 0. The minimum Gasteiger partial charge on any atom is -0.354 e. The molecule has 0 aliphatic rings. The van der Waals surface area contributed by atoms with Gasteiger partial charge in [-0.05, 0) is 0 Å². The number of rotatable bonds is 8. The molecule has 0 aromatic rings. The van der Waals surface area contributed by atoms with Crippen LogP contribution in [0.15, 0.2) is 12.7 Å². The number of amides is 1. The summed E-state index contributed by atoms with van der Waals surface area (Å²) in [5.74, 6) is 1.11. The molecule has 0 heterocycles. The van der Waals surface area contributed by atoms with Crippen molar-refractivity contribution in [1.82, 2.24) is 10.6 Å². The quantitative estimate of drug-likeness (QED) is 0.432. The molecule has 0 bridgehead atoms. The van der Waals surface area contributed by atoms with E-state index in [1.54, 1.807) is 6.08 Å². The van der Waals surface area contributed by atoms with E-state index in [2.05, 4.69) is 17.2 Å². The first-order valence-corrected chi connectivity index (χ1v) is 6.12. The smallest absolute Gasteiger partial charge is 0.233 e. The Bertz CT molecular complexity index is 207. The molecule has 0 aliphatic heterocycles. The lowest BCUT2D eigenvalue weighted by atomic mass is 10.5. The Kier molecular flexibility index (Phi) is 8.47. The minimum absolute atomic E-state index is 0.0695. The summed E-state index contributed by atoms with van der Waals surface area (Å²) < 4.78 is 11.0. The molecule has 0 saturated carbocycles. The van der Waals surface area contributed by atoms with Gasteiger partial charge in [-0.15, -0.1) is 6.58 Å². The molecule has 5 heteroatoms. The fraction of sp³-hybridized carbons (Fsp3) is 0.667. The van der Waals surface area contributed by atoms with Crippen LogP contribution < -0.4 is 10.6 Å². The van der Waals surface area contributed by atoms with E-state index in [1.807, 2.05) is 6.92 Å². The molecule has 0 fully saturated rings. The van der Waals surface area contributed by atoms with Gasteiger partial charge in [-0.3, -0.25) is 9.00 Å². The SMILES string of the molecule is C=CCNCC(=O)NCCS(=O)CC. The summed E-state index contributed by atoms with van der Waals surface area (Å²) in [6.07, 6.45) is 1.69. The lowest BCUT2D eigenvalue weighted by Crippen LogP contribution is -2.36. The molecule has 0 saturated heterocycles. The fourth-order valence-corrected chi connectivity index (χ4v) is 1.42. The number of carbonyl (C=O) groups is 1. The number of hydrogen-bond donors (Lipinski definition) is 2. The number of hydrogen-bond acceptors (Lipinski definition) is 3. The molecule has 2 N–H and O–H groups in total. The third-order valence-electron chi connectivity index (χ3n) is 1.55. The minimum atomic E-state index is -0.802. The van der Waals surface area contributed by atoms with E-state index in [0.717, 1.165) is 0 Å². The Balaban J connectivity index is 3.35. The average molecular weight is 218 g/mol. The Morgan fingerprint density at radius 2 is 2.29 bits per heavy atom. The van der Waals surface area contributed by atoms with E-state index in [4.69, 9.17) is 0 Å². The second kappa shape index (κ2) is 8.90. The van der Waals surface area contributed by atoms with Crippen molar-refractivity contribution in [3.05, 3.63) is 12.7 Å². The van der Waals surface area contributed by atoms with Crippen LogP contribution in [0.2, 0.25) is 0 Å². The van der Waals surface area contributed by atoms with Crippen molar-refractivity contribution < 1.29 is 9.00 Å². The first-order valence-electron chi connectivity index (χ1n) is 4.64. The zero-order valence-electron chi connectivity index (χ0n) is 8.54. The van der Waals surface area contributed by atoms with Gasteiger partial charge < -0.3 is 10.6 Å². The van der Waals surface area contributed by atoms with Gasteiger partial charge in [-0.1, -0.05) is 13.0 Å². The molecule has 0 radical (unpaired) electrons. The third-order valence-corrected chi connectivity index (χ3v) is 2.85. The van der Waals surface area contributed by atoms with Gasteiger partial charge in [0, 0.05) is 35.4 Å². The van der Waals surface area contributed by atoms with Crippen LogP contribution in [-0.2, 0) is 15.6 Å². The van der Waals surface area contributed by atoms with E-state index < -0.39 is 10.8 Å². The normalized spacial score (nSPS) is 12.1. The van der Waals surface area contributed by atoms with Crippen LogP contribution in [-0.4, -0.2) is 41.3 Å². The van der Waals surface area contributed by atoms with Crippen molar-refractivity contribution in [1.29, 1.82) is 0 Å². The molecule has 0 aromatic carbocycles. The lowest BCUT2D eigenvalue weighted by Gasteiger charge is -2.04. The Morgan fingerprint density at radius 3 is 2.86 bits per heavy atom. The maximum atomic E-state index is 11.1. The van der Waals surface area contributed by atoms with Crippen molar-refractivity contribution in [3.8, 4) is 0 Å².